The van der Waals surface area contributed by atoms with Crippen molar-refractivity contribution in [3.63, 3.8) is 0 Å². The van der Waals surface area contributed by atoms with E-state index in [9.17, 15) is 9.90 Å². The van der Waals surface area contributed by atoms with Gasteiger partial charge in [0.25, 0.3) is 5.91 Å². The lowest BCUT2D eigenvalue weighted by atomic mass is 9.99. The number of aliphatic hydroxyl groups excluding tert-OH is 1. The van der Waals surface area contributed by atoms with E-state index in [0.29, 0.717) is 5.69 Å². The zero-order chi connectivity index (χ0) is 11.6. The second-order valence-corrected chi connectivity index (χ2v) is 5.25. The molecule has 0 aromatic carbocycles. The van der Waals surface area contributed by atoms with Gasteiger partial charge < -0.3 is 15.4 Å². The summed E-state index contributed by atoms with van der Waals surface area (Å²) in [6.45, 7) is 0.0145. The minimum Gasteiger partial charge on any atom is -0.394 e. The second-order valence-electron chi connectivity index (χ2n) is 4.33. The maximum atomic E-state index is 11.9. The zero-order valence-corrected chi connectivity index (χ0v) is 10.5. The molecular formula is C11H15BrN2O2. The molecule has 1 aliphatic carbocycles. The molecule has 0 bridgehead atoms. The Morgan fingerprint density at radius 1 is 1.56 bits per heavy atom. The average molecular weight is 287 g/mol. The first-order valence-corrected chi connectivity index (χ1v) is 6.22. The molecule has 1 fully saturated rings. The van der Waals surface area contributed by atoms with Crippen LogP contribution < -0.4 is 5.32 Å². The van der Waals surface area contributed by atoms with Crippen molar-refractivity contribution >= 4 is 21.8 Å². The molecule has 4 nitrogen and oxygen atoms in total. The molecule has 0 radical (unpaired) electrons. The summed E-state index contributed by atoms with van der Waals surface area (Å²) in [5.41, 5.74) is 0.112. The highest BCUT2D eigenvalue weighted by molar-refractivity contribution is 9.10. The number of aromatic amines is 1. The number of H-pyrrole nitrogens is 1. The molecule has 0 spiro atoms. The summed E-state index contributed by atoms with van der Waals surface area (Å²) in [6, 6.07) is 1.73. The Balaban J connectivity index is 2.06. The van der Waals surface area contributed by atoms with Gasteiger partial charge in [-0.25, -0.2) is 0 Å². The van der Waals surface area contributed by atoms with Crippen molar-refractivity contribution in [2.24, 2.45) is 0 Å². The van der Waals surface area contributed by atoms with Gasteiger partial charge in [0.15, 0.2) is 0 Å². The van der Waals surface area contributed by atoms with Gasteiger partial charge in [-0.2, -0.15) is 0 Å². The van der Waals surface area contributed by atoms with Crippen molar-refractivity contribution in [2.45, 2.75) is 31.2 Å². The molecule has 0 atom stereocenters. The smallest absolute Gasteiger partial charge is 0.268 e. The molecule has 1 aliphatic rings. The fourth-order valence-electron chi connectivity index (χ4n) is 2.18. The van der Waals surface area contributed by atoms with Crippen LogP contribution in [0.4, 0.5) is 0 Å². The Hall–Kier alpha value is -0.810. The first kappa shape index (κ1) is 11.7. The molecule has 1 heterocycles. The van der Waals surface area contributed by atoms with Gasteiger partial charge in [-0.3, -0.25) is 4.79 Å². The molecule has 16 heavy (non-hydrogen) atoms. The largest absolute Gasteiger partial charge is 0.394 e. The summed E-state index contributed by atoms with van der Waals surface area (Å²) >= 11 is 3.28. The first-order chi connectivity index (χ1) is 7.65. The SMILES string of the molecule is O=C(NC1(CO)CCCC1)c1cc(Br)c[nH]1. The lowest BCUT2D eigenvalue weighted by Gasteiger charge is -2.27. The molecule has 0 saturated heterocycles. The molecule has 0 aliphatic heterocycles. The predicted molar refractivity (Wildman–Crippen MR) is 64.2 cm³/mol. The van der Waals surface area contributed by atoms with Crippen LogP contribution in [0.3, 0.4) is 0 Å². The number of hydrogen-bond donors (Lipinski definition) is 3. The van der Waals surface area contributed by atoms with Crippen LogP contribution in [-0.2, 0) is 0 Å². The third-order valence-corrected chi connectivity index (χ3v) is 3.59. The van der Waals surface area contributed by atoms with Crippen molar-refractivity contribution in [3.05, 3.63) is 22.4 Å². The minimum absolute atomic E-state index is 0.0145. The van der Waals surface area contributed by atoms with Crippen LogP contribution in [0.5, 0.6) is 0 Å². The molecule has 88 valence electrons. The Morgan fingerprint density at radius 3 is 2.75 bits per heavy atom. The van der Waals surface area contributed by atoms with Crippen molar-refractivity contribution in [2.75, 3.05) is 6.61 Å². The fourth-order valence-corrected chi connectivity index (χ4v) is 2.52. The van der Waals surface area contributed by atoms with E-state index >= 15 is 0 Å². The molecule has 1 aromatic rings. The van der Waals surface area contributed by atoms with Gasteiger partial charge >= 0.3 is 0 Å². The lowest BCUT2D eigenvalue weighted by Crippen LogP contribution is -2.49. The van der Waals surface area contributed by atoms with E-state index < -0.39 is 5.54 Å². The number of aliphatic hydroxyl groups is 1. The van der Waals surface area contributed by atoms with Crippen molar-refractivity contribution in [3.8, 4) is 0 Å². The number of halogens is 1. The van der Waals surface area contributed by atoms with Crippen LogP contribution >= 0.6 is 15.9 Å². The summed E-state index contributed by atoms with van der Waals surface area (Å²) < 4.78 is 0.849. The molecule has 1 saturated carbocycles. The molecule has 1 amide bonds. The number of carbonyl (C=O) groups excluding carboxylic acids is 1. The number of amides is 1. The quantitative estimate of drug-likeness (QED) is 0.794. The van der Waals surface area contributed by atoms with Crippen molar-refractivity contribution in [1.82, 2.24) is 10.3 Å². The summed E-state index contributed by atoms with van der Waals surface area (Å²) in [5.74, 6) is -0.151. The van der Waals surface area contributed by atoms with Crippen LogP contribution in [0.1, 0.15) is 36.2 Å². The van der Waals surface area contributed by atoms with Gasteiger partial charge in [-0.1, -0.05) is 12.8 Å². The molecule has 0 unspecified atom stereocenters. The summed E-state index contributed by atoms with van der Waals surface area (Å²) in [6.07, 6.45) is 5.56. The van der Waals surface area contributed by atoms with Gasteiger partial charge in [0.1, 0.15) is 5.69 Å². The summed E-state index contributed by atoms with van der Waals surface area (Å²) in [5, 5.41) is 12.3. The number of hydrogen-bond acceptors (Lipinski definition) is 2. The number of nitrogens with one attached hydrogen (secondary N) is 2. The number of rotatable bonds is 3. The monoisotopic (exact) mass is 286 g/mol. The van der Waals surface area contributed by atoms with Crippen molar-refractivity contribution in [1.29, 1.82) is 0 Å². The second kappa shape index (κ2) is 4.59. The Kier molecular flexibility index (Phi) is 3.35. The van der Waals surface area contributed by atoms with E-state index in [1.54, 1.807) is 12.3 Å². The summed E-state index contributed by atoms with van der Waals surface area (Å²) in [4.78, 5) is 14.8. The van der Waals surface area contributed by atoms with E-state index in [1.165, 1.54) is 0 Å². The minimum atomic E-state index is -0.408. The van der Waals surface area contributed by atoms with Crippen LogP contribution in [0.25, 0.3) is 0 Å². The lowest BCUT2D eigenvalue weighted by molar-refractivity contribution is 0.0834. The van der Waals surface area contributed by atoms with E-state index in [1.807, 2.05) is 0 Å². The average Bonchev–Trinajstić information content (AvgIpc) is 2.88. The van der Waals surface area contributed by atoms with Crippen LogP contribution in [-0.4, -0.2) is 28.1 Å². The molecule has 2 rings (SSSR count). The fraction of sp³-hybridized carbons (Fsp3) is 0.545. The van der Waals surface area contributed by atoms with E-state index in [0.717, 1.165) is 30.2 Å². The molecular weight excluding hydrogens is 272 g/mol. The molecule has 5 heteroatoms. The first-order valence-electron chi connectivity index (χ1n) is 5.42. The van der Waals surface area contributed by atoms with Gasteiger partial charge in [0.05, 0.1) is 12.1 Å². The maximum Gasteiger partial charge on any atom is 0.268 e. The third-order valence-electron chi connectivity index (χ3n) is 3.13. The third kappa shape index (κ3) is 2.30. The van der Waals surface area contributed by atoms with Gasteiger partial charge in [-0.05, 0) is 34.8 Å². The predicted octanol–water partition coefficient (Wildman–Crippen LogP) is 1.81. The van der Waals surface area contributed by atoms with Crippen molar-refractivity contribution < 1.29 is 9.90 Å². The Labute approximate surface area is 103 Å². The maximum absolute atomic E-state index is 11.9. The van der Waals surface area contributed by atoms with Gasteiger partial charge in [-0.15, -0.1) is 0 Å². The van der Waals surface area contributed by atoms with Gasteiger partial charge in [0, 0.05) is 10.7 Å². The normalized spacial score (nSPS) is 18.6. The number of carbonyl (C=O) groups is 1. The topological polar surface area (TPSA) is 65.1 Å². The standard InChI is InChI=1S/C11H15BrN2O2/c12-8-5-9(13-6-8)10(16)14-11(7-15)3-1-2-4-11/h5-6,13,15H,1-4,7H2,(H,14,16). The van der Waals surface area contributed by atoms with Crippen LogP contribution in [0.2, 0.25) is 0 Å². The Morgan fingerprint density at radius 2 is 2.25 bits per heavy atom. The van der Waals surface area contributed by atoms with E-state index in [4.69, 9.17) is 0 Å². The molecule has 1 aromatic heterocycles. The van der Waals surface area contributed by atoms with Gasteiger partial charge in [0.2, 0.25) is 0 Å². The van der Waals surface area contributed by atoms with Crippen LogP contribution in [0.15, 0.2) is 16.7 Å². The highest BCUT2D eigenvalue weighted by Crippen LogP contribution is 2.29. The molecule has 3 N–H and O–H groups in total. The zero-order valence-electron chi connectivity index (χ0n) is 8.92. The van der Waals surface area contributed by atoms with E-state index in [2.05, 4.69) is 26.2 Å². The highest BCUT2D eigenvalue weighted by atomic mass is 79.9. The van der Waals surface area contributed by atoms with E-state index in [-0.39, 0.29) is 12.5 Å². The van der Waals surface area contributed by atoms with Crippen LogP contribution in [0, 0.1) is 0 Å². The highest BCUT2D eigenvalue weighted by Gasteiger charge is 2.34. The number of aromatic nitrogens is 1. The summed E-state index contributed by atoms with van der Waals surface area (Å²) in [7, 11) is 0. The Bertz CT molecular complexity index is 383.